The third kappa shape index (κ3) is 5.16. The molecule has 3 aromatic rings. The molecule has 1 amide bonds. The van der Waals surface area contributed by atoms with Gasteiger partial charge in [0, 0.05) is 67.9 Å². The molecular formula is C32H43ClN8O3. The standard InChI is InChI=1S/C32H43ClN8O3/c1-19-13-23-26(14-22(19)29-20(2)25(33)15-27-24(29)16-34-41(27)28-7-5-6-12-44-28)35-31(40-17-21(18-40)37(3)4)36-30(23)38-8-10-39(11-9-38)32(42)43/h15-16,19,21-22,28H,5-14,17-18H2,1-4H3,(H,42,43)/t19-,22-,28?/m1/s1. The van der Waals surface area contributed by atoms with Crippen LogP contribution in [0, 0.1) is 12.8 Å². The molecule has 44 heavy (non-hydrogen) atoms. The predicted octanol–water partition coefficient (Wildman–Crippen LogP) is 4.56. The van der Waals surface area contributed by atoms with Crippen molar-refractivity contribution in [2.45, 2.75) is 64.1 Å². The minimum atomic E-state index is -0.858. The number of aromatic nitrogens is 4. The highest BCUT2D eigenvalue weighted by molar-refractivity contribution is 6.32. The highest BCUT2D eigenvalue weighted by Crippen LogP contribution is 2.45. The summed E-state index contributed by atoms with van der Waals surface area (Å²) >= 11 is 6.95. The number of nitrogens with zero attached hydrogens (tertiary/aromatic N) is 8. The van der Waals surface area contributed by atoms with E-state index in [1.165, 1.54) is 16.0 Å². The number of rotatable bonds is 5. The Bertz CT molecular complexity index is 1560. The summed E-state index contributed by atoms with van der Waals surface area (Å²) in [7, 11) is 4.23. The van der Waals surface area contributed by atoms with Gasteiger partial charge in [-0.25, -0.2) is 14.5 Å². The average Bonchev–Trinajstić information content (AvgIpc) is 3.40. The fourth-order valence-corrected chi connectivity index (χ4v) is 7.71. The van der Waals surface area contributed by atoms with E-state index in [-0.39, 0.29) is 12.1 Å². The molecule has 11 nitrogen and oxygen atoms in total. The fraction of sp³-hybridized carbons (Fsp3) is 0.625. The topological polar surface area (TPSA) is 103 Å². The zero-order valence-electron chi connectivity index (χ0n) is 26.2. The lowest BCUT2D eigenvalue weighted by atomic mass is 9.73. The molecule has 0 bridgehead atoms. The van der Waals surface area contributed by atoms with E-state index in [0.717, 1.165) is 90.7 Å². The van der Waals surface area contributed by atoms with Gasteiger partial charge in [0.1, 0.15) is 5.82 Å². The van der Waals surface area contributed by atoms with Crippen LogP contribution in [-0.4, -0.2) is 107 Å². The maximum absolute atomic E-state index is 11.6. The third-order valence-electron chi connectivity index (χ3n) is 10.4. The quantitative estimate of drug-likeness (QED) is 0.439. The normalized spacial score (nSPS) is 24.6. The number of fused-ring (bicyclic) bond motifs is 2. The molecule has 7 rings (SSSR count). The largest absolute Gasteiger partial charge is 0.465 e. The molecule has 3 fully saturated rings. The van der Waals surface area contributed by atoms with Crippen molar-refractivity contribution in [3.63, 3.8) is 0 Å². The van der Waals surface area contributed by atoms with E-state index in [0.29, 0.717) is 38.1 Å². The Morgan fingerprint density at radius 3 is 2.55 bits per heavy atom. The predicted molar refractivity (Wildman–Crippen MR) is 171 cm³/mol. The maximum atomic E-state index is 11.6. The smallest absolute Gasteiger partial charge is 0.407 e. The zero-order valence-corrected chi connectivity index (χ0v) is 26.9. The molecule has 12 heteroatoms. The van der Waals surface area contributed by atoms with Crippen molar-refractivity contribution in [3.8, 4) is 0 Å². The number of anilines is 2. The van der Waals surface area contributed by atoms with Crippen molar-refractivity contribution in [2.75, 3.05) is 69.8 Å². The van der Waals surface area contributed by atoms with Crippen LogP contribution in [0.1, 0.15) is 60.7 Å². The highest BCUT2D eigenvalue weighted by Gasteiger charge is 2.37. The van der Waals surface area contributed by atoms with Crippen LogP contribution in [0.3, 0.4) is 0 Å². The summed E-state index contributed by atoms with van der Waals surface area (Å²) in [6, 6.07) is 2.54. The van der Waals surface area contributed by atoms with Crippen molar-refractivity contribution in [2.24, 2.45) is 5.92 Å². The van der Waals surface area contributed by atoms with Crippen molar-refractivity contribution < 1.29 is 14.6 Å². The SMILES string of the molecule is Cc1c(Cl)cc2c(cnn2C2CCCCO2)c1[C@@H]1Cc2nc(N3CC(N(C)C)C3)nc(N3CCN(C(=O)O)CC3)c2C[C@H]1C. The summed E-state index contributed by atoms with van der Waals surface area (Å²) < 4.78 is 8.14. The van der Waals surface area contributed by atoms with Gasteiger partial charge in [-0.05, 0) is 82.2 Å². The van der Waals surface area contributed by atoms with E-state index >= 15 is 0 Å². The van der Waals surface area contributed by atoms with Crippen LogP contribution in [-0.2, 0) is 17.6 Å². The second-order valence-corrected chi connectivity index (χ2v) is 13.7. The van der Waals surface area contributed by atoms with E-state index in [4.69, 9.17) is 31.4 Å². The number of carbonyl (C=O) groups is 1. The molecule has 2 aromatic heterocycles. The first-order chi connectivity index (χ1) is 21.2. The zero-order chi connectivity index (χ0) is 30.7. The summed E-state index contributed by atoms with van der Waals surface area (Å²) in [4.78, 5) is 30.3. The van der Waals surface area contributed by atoms with E-state index in [2.05, 4.69) is 48.7 Å². The minimum absolute atomic E-state index is 0.0562. The van der Waals surface area contributed by atoms with Crippen LogP contribution in [0.2, 0.25) is 5.02 Å². The number of benzene rings is 1. The molecule has 3 aliphatic heterocycles. The van der Waals surface area contributed by atoms with E-state index in [1.54, 1.807) is 0 Å². The van der Waals surface area contributed by atoms with Crippen LogP contribution < -0.4 is 9.80 Å². The molecule has 236 valence electrons. The Morgan fingerprint density at radius 1 is 1.09 bits per heavy atom. The summed E-state index contributed by atoms with van der Waals surface area (Å²) in [6.07, 6.45) is 5.92. The van der Waals surface area contributed by atoms with Crippen LogP contribution in [0.5, 0.6) is 0 Å². The fourth-order valence-electron chi connectivity index (χ4n) is 7.51. The molecule has 3 saturated heterocycles. The Morgan fingerprint density at radius 2 is 1.86 bits per heavy atom. The summed E-state index contributed by atoms with van der Waals surface area (Å²) in [6.45, 7) is 9.22. The lowest BCUT2D eigenvalue weighted by Gasteiger charge is -2.44. The molecule has 0 radical (unpaired) electrons. The number of carboxylic acid groups (broad SMARTS) is 1. The van der Waals surface area contributed by atoms with Gasteiger partial charge >= 0.3 is 6.09 Å². The van der Waals surface area contributed by atoms with Crippen molar-refractivity contribution in [3.05, 3.63) is 39.7 Å². The molecule has 0 saturated carbocycles. The summed E-state index contributed by atoms with van der Waals surface area (Å²) in [5.41, 5.74) is 5.71. The summed E-state index contributed by atoms with van der Waals surface area (Å²) in [5.74, 6) is 2.30. The molecule has 5 heterocycles. The van der Waals surface area contributed by atoms with Gasteiger partial charge in [0.25, 0.3) is 0 Å². The maximum Gasteiger partial charge on any atom is 0.407 e. The lowest BCUT2D eigenvalue weighted by Crippen LogP contribution is -2.58. The van der Waals surface area contributed by atoms with E-state index in [1.807, 2.05) is 10.9 Å². The molecule has 1 unspecified atom stereocenters. The van der Waals surface area contributed by atoms with Crippen molar-refractivity contribution in [1.82, 2.24) is 29.5 Å². The number of halogens is 1. The van der Waals surface area contributed by atoms with Gasteiger partial charge in [-0.1, -0.05) is 18.5 Å². The Kier molecular flexibility index (Phi) is 7.83. The van der Waals surface area contributed by atoms with Gasteiger partial charge in [-0.3, -0.25) is 0 Å². The van der Waals surface area contributed by atoms with Gasteiger partial charge in [-0.2, -0.15) is 10.1 Å². The van der Waals surface area contributed by atoms with Gasteiger partial charge in [0.05, 0.1) is 17.4 Å². The Balaban J connectivity index is 1.26. The lowest BCUT2D eigenvalue weighted by molar-refractivity contribution is -0.0366. The van der Waals surface area contributed by atoms with Gasteiger partial charge < -0.3 is 29.4 Å². The van der Waals surface area contributed by atoms with Crippen LogP contribution in [0.15, 0.2) is 12.3 Å². The number of amides is 1. The molecule has 1 N–H and O–H groups in total. The van der Waals surface area contributed by atoms with Crippen LogP contribution in [0.25, 0.3) is 10.9 Å². The third-order valence-corrected chi connectivity index (χ3v) is 10.8. The first kappa shape index (κ1) is 29.6. The van der Waals surface area contributed by atoms with Crippen molar-refractivity contribution in [1.29, 1.82) is 0 Å². The molecule has 0 spiro atoms. The number of likely N-dealkylation sites (N-methyl/N-ethyl adjacent to an activating group) is 1. The van der Waals surface area contributed by atoms with Gasteiger partial charge in [-0.15, -0.1) is 0 Å². The molecule has 1 aromatic carbocycles. The Labute approximate surface area is 263 Å². The first-order valence-corrected chi connectivity index (χ1v) is 16.4. The first-order valence-electron chi connectivity index (χ1n) is 16.0. The highest BCUT2D eigenvalue weighted by atomic mass is 35.5. The molecule has 3 atom stereocenters. The van der Waals surface area contributed by atoms with Crippen LogP contribution >= 0.6 is 11.6 Å². The molecule has 4 aliphatic rings. The molecular weight excluding hydrogens is 580 g/mol. The van der Waals surface area contributed by atoms with Gasteiger partial charge in [0.15, 0.2) is 6.23 Å². The number of hydrogen-bond donors (Lipinski definition) is 1. The second kappa shape index (κ2) is 11.7. The number of ether oxygens (including phenoxy) is 1. The summed E-state index contributed by atoms with van der Waals surface area (Å²) in [5, 5.41) is 16.3. The van der Waals surface area contributed by atoms with Crippen molar-refractivity contribution >= 4 is 40.4 Å². The monoisotopic (exact) mass is 622 g/mol. The number of piperazine rings is 1. The van der Waals surface area contributed by atoms with Gasteiger partial charge in [0.2, 0.25) is 5.95 Å². The number of hydrogen-bond acceptors (Lipinski definition) is 8. The Hall–Kier alpha value is -3.15. The molecule has 1 aliphatic carbocycles. The second-order valence-electron chi connectivity index (χ2n) is 13.3. The van der Waals surface area contributed by atoms with Crippen LogP contribution in [0.4, 0.5) is 16.6 Å². The minimum Gasteiger partial charge on any atom is -0.465 e. The average molecular weight is 623 g/mol. The van der Waals surface area contributed by atoms with E-state index in [9.17, 15) is 9.90 Å². The van der Waals surface area contributed by atoms with E-state index < -0.39 is 6.09 Å².